The van der Waals surface area contributed by atoms with Crippen LogP contribution in [0.5, 0.6) is 0 Å². The Morgan fingerprint density at radius 1 is 1.11 bits per heavy atom. The summed E-state index contributed by atoms with van der Waals surface area (Å²) in [5.41, 5.74) is 5.08. The van der Waals surface area contributed by atoms with Crippen LogP contribution in [0.25, 0.3) is 4.91 Å². The molecule has 0 aliphatic heterocycles. The van der Waals surface area contributed by atoms with E-state index in [4.69, 9.17) is 23.2 Å². The first-order valence-corrected chi connectivity index (χ1v) is 13.7. The summed E-state index contributed by atoms with van der Waals surface area (Å²) in [7, 11) is 0. The fourth-order valence-corrected chi connectivity index (χ4v) is 5.84. The molecule has 2 aromatic carbocycles. The smallest absolute Gasteiger partial charge is 0.354 e. The van der Waals surface area contributed by atoms with Gasteiger partial charge in [0.05, 0.1) is 20.8 Å². The van der Waals surface area contributed by atoms with Crippen molar-refractivity contribution in [1.82, 2.24) is 4.98 Å². The normalized spacial score (nSPS) is 14.5. The summed E-state index contributed by atoms with van der Waals surface area (Å²) in [5.74, 6) is -0.606. The summed E-state index contributed by atoms with van der Waals surface area (Å²) in [6.07, 6.45) is 6.29. The third kappa shape index (κ3) is 6.58. The lowest BCUT2D eigenvalue weighted by Crippen LogP contribution is -2.04. The van der Waals surface area contributed by atoms with Gasteiger partial charge in [-0.3, -0.25) is 0 Å². The predicted molar refractivity (Wildman–Crippen MR) is 153 cm³/mol. The molecular weight excluding hydrogens is 511 g/mol. The SMILES string of the molecule is C=C(Nc1cc(C2CCCC2)[nH]c1C(=O)O)S/C(=C(\C)CCc1ccccc1)c1ccc(Cl)c(Cl)c1. The van der Waals surface area contributed by atoms with Gasteiger partial charge >= 0.3 is 5.97 Å². The molecule has 0 spiro atoms. The van der Waals surface area contributed by atoms with Gasteiger partial charge in [0.1, 0.15) is 5.69 Å². The second-order valence-corrected chi connectivity index (χ2v) is 11.1. The molecule has 4 nitrogen and oxygen atoms in total. The average molecular weight is 542 g/mol. The molecule has 36 heavy (non-hydrogen) atoms. The quantitative estimate of drug-likeness (QED) is 0.239. The first kappa shape index (κ1) is 26.5. The number of nitrogens with one attached hydrogen (secondary N) is 2. The predicted octanol–water partition coefficient (Wildman–Crippen LogP) is 9.36. The van der Waals surface area contributed by atoms with Crippen molar-refractivity contribution in [2.75, 3.05) is 5.32 Å². The summed E-state index contributed by atoms with van der Waals surface area (Å²) in [4.78, 5) is 16.1. The molecule has 1 saturated carbocycles. The third-order valence-corrected chi connectivity index (χ3v) is 8.42. The molecule has 7 heteroatoms. The van der Waals surface area contributed by atoms with Gasteiger partial charge in [0, 0.05) is 10.6 Å². The fourth-order valence-electron chi connectivity index (χ4n) is 4.62. The summed E-state index contributed by atoms with van der Waals surface area (Å²) in [6.45, 7) is 6.32. The zero-order valence-corrected chi connectivity index (χ0v) is 22.6. The summed E-state index contributed by atoms with van der Waals surface area (Å²) < 4.78 is 0. The molecule has 1 aromatic heterocycles. The van der Waals surface area contributed by atoms with Gasteiger partial charge in [-0.1, -0.05) is 96.4 Å². The minimum atomic E-state index is -0.987. The molecule has 1 aliphatic rings. The Balaban J connectivity index is 1.58. The zero-order chi connectivity index (χ0) is 25.7. The molecule has 0 amide bonds. The number of aromatic nitrogens is 1. The fraction of sp³-hybridized carbons (Fsp3) is 0.276. The highest BCUT2D eigenvalue weighted by Gasteiger charge is 2.23. The number of carboxylic acid groups (broad SMARTS) is 1. The van der Waals surface area contributed by atoms with Gasteiger partial charge in [-0.25, -0.2) is 4.79 Å². The number of thioether (sulfide) groups is 1. The number of carbonyl (C=O) groups is 1. The molecule has 1 fully saturated rings. The number of hydrogen-bond donors (Lipinski definition) is 3. The van der Waals surface area contributed by atoms with E-state index in [1.54, 1.807) is 6.07 Å². The number of anilines is 1. The van der Waals surface area contributed by atoms with Crippen molar-refractivity contribution in [2.45, 2.75) is 51.4 Å². The van der Waals surface area contributed by atoms with E-state index in [1.165, 1.54) is 35.7 Å². The maximum Gasteiger partial charge on any atom is 0.354 e. The number of aromatic carboxylic acids is 1. The molecule has 0 bridgehead atoms. The van der Waals surface area contributed by atoms with Gasteiger partial charge in [-0.2, -0.15) is 0 Å². The van der Waals surface area contributed by atoms with Gasteiger partial charge in [0.15, 0.2) is 0 Å². The van der Waals surface area contributed by atoms with Crippen molar-refractivity contribution in [3.05, 3.63) is 104 Å². The largest absolute Gasteiger partial charge is 0.477 e. The Morgan fingerprint density at radius 3 is 2.50 bits per heavy atom. The molecule has 3 N–H and O–H groups in total. The van der Waals surface area contributed by atoms with E-state index < -0.39 is 5.97 Å². The van der Waals surface area contributed by atoms with Crippen molar-refractivity contribution < 1.29 is 9.90 Å². The van der Waals surface area contributed by atoms with Gasteiger partial charge < -0.3 is 15.4 Å². The monoisotopic (exact) mass is 540 g/mol. The van der Waals surface area contributed by atoms with Crippen LogP contribution in [0.2, 0.25) is 10.0 Å². The maximum absolute atomic E-state index is 11.9. The van der Waals surface area contributed by atoms with E-state index in [-0.39, 0.29) is 5.69 Å². The molecule has 0 radical (unpaired) electrons. The van der Waals surface area contributed by atoms with Crippen LogP contribution < -0.4 is 5.32 Å². The highest BCUT2D eigenvalue weighted by Crippen LogP contribution is 2.41. The molecule has 0 saturated heterocycles. The van der Waals surface area contributed by atoms with Crippen molar-refractivity contribution in [3.8, 4) is 0 Å². The van der Waals surface area contributed by atoms with Crippen LogP contribution in [0.15, 0.2) is 71.8 Å². The third-order valence-electron chi connectivity index (χ3n) is 6.55. The van der Waals surface area contributed by atoms with Crippen LogP contribution in [0, 0.1) is 0 Å². The van der Waals surface area contributed by atoms with E-state index in [9.17, 15) is 9.90 Å². The van der Waals surface area contributed by atoms with Crippen LogP contribution in [0.3, 0.4) is 0 Å². The van der Waals surface area contributed by atoms with Gasteiger partial charge in [0.25, 0.3) is 0 Å². The van der Waals surface area contributed by atoms with Crippen molar-refractivity contribution >= 4 is 51.5 Å². The van der Waals surface area contributed by atoms with E-state index >= 15 is 0 Å². The maximum atomic E-state index is 11.9. The van der Waals surface area contributed by atoms with E-state index in [1.807, 2.05) is 36.4 Å². The van der Waals surface area contributed by atoms with E-state index in [0.29, 0.717) is 26.7 Å². The van der Waals surface area contributed by atoms with Gasteiger partial charge in [-0.05, 0) is 67.9 Å². The van der Waals surface area contributed by atoms with E-state index in [0.717, 1.165) is 41.8 Å². The van der Waals surface area contributed by atoms with Crippen molar-refractivity contribution in [2.24, 2.45) is 0 Å². The number of rotatable bonds is 10. The van der Waals surface area contributed by atoms with Crippen molar-refractivity contribution in [1.29, 1.82) is 0 Å². The van der Waals surface area contributed by atoms with Crippen LogP contribution in [-0.4, -0.2) is 16.1 Å². The van der Waals surface area contributed by atoms with Crippen LogP contribution in [0.1, 0.15) is 72.3 Å². The number of allylic oxidation sites excluding steroid dienone is 1. The molecule has 1 heterocycles. The van der Waals surface area contributed by atoms with Gasteiger partial charge in [0.2, 0.25) is 0 Å². The number of carboxylic acids is 1. The standard InChI is InChI=1S/C29H30Cl2N2O2S/c1-18(12-13-20-8-4-3-5-9-20)28(22-14-15-23(30)24(31)16-22)36-19(2)32-26-17-25(21-10-6-7-11-21)33-27(26)29(34)35/h3-5,8-9,14-17,21,32-33H,2,6-7,10-13H2,1H3,(H,34,35)/b28-18+. The average Bonchev–Trinajstić information content (AvgIpc) is 3.54. The molecule has 0 unspecified atom stereocenters. The second kappa shape index (κ2) is 12.1. The lowest BCUT2D eigenvalue weighted by Gasteiger charge is -2.16. The highest BCUT2D eigenvalue weighted by atomic mass is 35.5. The van der Waals surface area contributed by atoms with Crippen molar-refractivity contribution in [3.63, 3.8) is 0 Å². The van der Waals surface area contributed by atoms with Gasteiger partial charge in [-0.15, -0.1) is 0 Å². The molecule has 1 aliphatic carbocycles. The molecule has 188 valence electrons. The Kier molecular flexibility index (Phi) is 8.89. The Bertz CT molecular complexity index is 1280. The molecular formula is C29H30Cl2N2O2S. The summed E-state index contributed by atoms with van der Waals surface area (Å²) in [6, 6.07) is 17.9. The lowest BCUT2D eigenvalue weighted by atomic mass is 10.0. The Labute approximate surface area is 226 Å². The van der Waals surface area contributed by atoms with Crippen LogP contribution in [-0.2, 0) is 6.42 Å². The van der Waals surface area contributed by atoms with Crippen LogP contribution in [0.4, 0.5) is 5.69 Å². The Morgan fingerprint density at radius 2 is 1.83 bits per heavy atom. The van der Waals surface area contributed by atoms with E-state index in [2.05, 4.69) is 35.9 Å². The molecule has 3 aromatic rings. The number of hydrogen-bond acceptors (Lipinski definition) is 3. The number of H-pyrrole nitrogens is 1. The first-order chi connectivity index (χ1) is 17.3. The molecule has 0 atom stereocenters. The summed E-state index contributed by atoms with van der Waals surface area (Å²) >= 11 is 14.0. The number of halogens is 2. The lowest BCUT2D eigenvalue weighted by molar-refractivity contribution is 0.0692. The van der Waals surface area contributed by atoms with Crippen LogP contribution >= 0.6 is 35.0 Å². The molecule has 4 rings (SSSR count). The Hall–Kier alpha value is -2.60. The number of benzene rings is 2. The number of aryl methyl sites for hydroxylation is 1. The topological polar surface area (TPSA) is 65.1 Å². The highest BCUT2D eigenvalue weighted by molar-refractivity contribution is 8.11. The zero-order valence-electron chi connectivity index (χ0n) is 20.2. The second-order valence-electron chi connectivity index (χ2n) is 9.17. The minimum absolute atomic E-state index is 0.166. The summed E-state index contributed by atoms with van der Waals surface area (Å²) in [5, 5.41) is 14.7. The first-order valence-electron chi connectivity index (χ1n) is 12.1. The minimum Gasteiger partial charge on any atom is -0.477 e. The number of aromatic amines is 1.